The monoisotopic (exact) mass is 232 g/mol. The zero-order valence-electron chi connectivity index (χ0n) is 10.9. The molecule has 0 aromatic carbocycles. The molecule has 1 aliphatic rings. The lowest BCUT2D eigenvalue weighted by molar-refractivity contribution is 0.439. The molecule has 2 heteroatoms. The van der Waals surface area contributed by atoms with Gasteiger partial charge in [-0.1, -0.05) is 32.3 Å². The number of nitrogens with one attached hydrogen (secondary N) is 1. The van der Waals surface area contributed by atoms with Crippen molar-refractivity contribution in [1.29, 1.82) is 0 Å². The maximum Gasteiger partial charge on any atom is 0.0605 e. The number of aryl methyl sites for hydroxylation is 1. The van der Waals surface area contributed by atoms with E-state index >= 15 is 0 Å². The van der Waals surface area contributed by atoms with E-state index in [0.29, 0.717) is 6.04 Å². The average molecular weight is 232 g/mol. The Hall–Kier alpha value is -0.890. The van der Waals surface area contributed by atoms with E-state index in [-0.39, 0.29) is 0 Å². The van der Waals surface area contributed by atoms with E-state index in [4.69, 9.17) is 0 Å². The summed E-state index contributed by atoms with van der Waals surface area (Å²) in [6.07, 6.45) is 11.0. The van der Waals surface area contributed by atoms with Crippen LogP contribution in [0.3, 0.4) is 0 Å². The Labute approximate surface area is 105 Å². The fraction of sp³-hybridized carbons (Fsp3) is 0.667. The van der Waals surface area contributed by atoms with Crippen LogP contribution < -0.4 is 5.32 Å². The number of pyridine rings is 1. The van der Waals surface area contributed by atoms with Gasteiger partial charge in [-0.3, -0.25) is 4.98 Å². The predicted octanol–water partition coefficient (Wildman–Crippen LogP) is 3.63. The van der Waals surface area contributed by atoms with Crippen molar-refractivity contribution < 1.29 is 0 Å². The SMILES string of the molecule is CCCCCCNC1CCCc2cccnc21. The van der Waals surface area contributed by atoms with Gasteiger partial charge in [0.05, 0.1) is 5.69 Å². The lowest BCUT2D eigenvalue weighted by Crippen LogP contribution is -2.27. The van der Waals surface area contributed by atoms with Crippen molar-refractivity contribution in [1.82, 2.24) is 10.3 Å². The zero-order chi connectivity index (χ0) is 11.9. The van der Waals surface area contributed by atoms with Crippen molar-refractivity contribution in [3.8, 4) is 0 Å². The van der Waals surface area contributed by atoms with Gasteiger partial charge in [-0.05, 0) is 43.9 Å². The fourth-order valence-electron chi connectivity index (χ4n) is 2.64. The Morgan fingerprint density at radius 1 is 1.35 bits per heavy atom. The van der Waals surface area contributed by atoms with Gasteiger partial charge in [0.2, 0.25) is 0 Å². The summed E-state index contributed by atoms with van der Waals surface area (Å²) in [4.78, 5) is 4.55. The molecule has 0 bridgehead atoms. The standard InChI is InChI=1S/C15H24N2/c1-2-3-4-5-11-16-14-10-6-8-13-9-7-12-17-15(13)14/h7,9,12,14,16H,2-6,8,10-11H2,1H3. The first-order valence-corrected chi connectivity index (χ1v) is 7.09. The number of unbranched alkanes of at least 4 members (excludes halogenated alkanes) is 3. The van der Waals surface area contributed by atoms with Crippen molar-refractivity contribution >= 4 is 0 Å². The van der Waals surface area contributed by atoms with Crippen LogP contribution in [0.15, 0.2) is 18.3 Å². The van der Waals surface area contributed by atoms with Gasteiger partial charge < -0.3 is 5.32 Å². The lowest BCUT2D eigenvalue weighted by atomic mass is 9.92. The summed E-state index contributed by atoms with van der Waals surface area (Å²) in [5.74, 6) is 0. The van der Waals surface area contributed by atoms with E-state index in [1.54, 1.807) is 0 Å². The lowest BCUT2D eigenvalue weighted by Gasteiger charge is -2.25. The van der Waals surface area contributed by atoms with E-state index < -0.39 is 0 Å². The van der Waals surface area contributed by atoms with Gasteiger partial charge >= 0.3 is 0 Å². The van der Waals surface area contributed by atoms with E-state index in [0.717, 1.165) is 6.54 Å². The highest BCUT2D eigenvalue weighted by Gasteiger charge is 2.19. The molecule has 0 fully saturated rings. The van der Waals surface area contributed by atoms with Crippen molar-refractivity contribution in [3.63, 3.8) is 0 Å². The molecule has 2 rings (SSSR count). The number of nitrogens with zero attached hydrogens (tertiary/aromatic N) is 1. The highest BCUT2D eigenvalue weighted by atomic mass is 14.9. The molecule has 17 heavy (non-hydrogen) atoms. The van der Waals surface area contributed by atoms with Crippen LogP contribution in [0.4, 0.5) is 0 Å². The topological polar surface area (TPSA) is 24.9 Å². The molecule has 0 aliphatic heterocycles. The number of rotatable bonds is 6. The summed E-state index contributed by atoms with van der Waals surface area (Å²) in [6, 6.07) is 4.79. The minimum atomic E-state index is 0.501. The highest BCUT2D eigenvalue weighted by molar-refractivity contribution is 5.25. The van der Waals surface area contributed by atoms with Crippen molar-refractivity contribution in [2.45, 2.75) is 57.9 Å². The molecule has 0 radical (unpaired) electrons. The molecule has 1 heterocycles. The Balaban J connectivity index is 1.82. The van der Waals surface area contributed by atoms with Gasteiger partial charge in [0, 0.05) is 12.2 Å². The second-order valence-corrected chi connectivity index (χ2v) is 5.01. The number of hydrogen-bond donors (Lipinski definition) is 1. The number of fused-ring (bicyclic) bond motifs is 1. The smallest absolute Gasteiger partial charge is 0.0605 e. The summed E-state index contributed by atoms with van der Waals surface area (Å²) in [6.45, 7) is 3.40. The number of hydrogen-bond acceptors (Lipinski definition) is 2. The Morgan fingerprint density at radius 2 is 2.29 bits per heavy atom. The van der Waals surface area contributed by atoms with E-state index in [1.165, 1.54) is 56.2 Å². The van der Waals surface area contributed by atoms with E-state index in [1.807, 2.05) is 6.20 Å². The summed E-state index contributed by atoms with van der Waals surface area (Å²) < 4.78 is 0. The molecule has 1 aromatic rings. The van der Waals surface area contributed by atoms with Gasteiger partial charge in [0.1, 0.15) is 0 Å². The molecular weight excluding hydrogens is 208 g/mol. The normalized spacial score (nSPS) is 19.0. The highest BCUT2D eigenvalue weighted by Crippen LogP contribution is 2.27. The molecule has 0 amide bonds. The van der Waals surface area contributed by atoms with Crippen LogP contribution in [-0.4, -0.2) is 11.5 Å². The molecule has 0 saturated heterocycles. The van der Waals surface area contributed by atoms with Crippen LogP contribution in [-0.2, 0) is 6.42 Å². The maximum absolute atomic E-state index is 4.55. The van der Waals surface area contributed by atoms with Crippen LogP contribution in [0.25, 0.3) is 0 Å². The molecule has 1 aromatic heterocycles. The van der Waals surface area contributed by atoms with Gasteiger partial charge in [-0.2, -0.15) is 0 Å². The van der Waals surface area contributed by atoms with Crippen molar-refractivity contribution in [2.24, 2.45) is 0 Å². The van der Waals surface area contributed by atoms with Crippen molar-refractivity contribution in [2.75, 3.05) is 6.54 Å². The van der Waals surface area contributed by atoms with Crippen LogP contribution in [0.5, 0.6) is 0 Å². The predicted molar refractivity (Wildman–Crippen MR) is 72.1 cm³/mol. The molecule has 1 N–H and O–H groups in total. The summed E-state index contributed by atoms with van der Waals surface area (Å²) in [5, 5.41) is 3.67. The van der Waals surface area contributed by atoms with Crippen LogP contribution in [0, 0.1) is 0 Å². The quantitative estimate of drug-likeness (QED) is 0.758. The molecule has 1 unspecified atom stereocenters. The fourth-order valence-corrected chi connectivity index (χ4v) is 2.64. The third-order valence-electron chi connectivity index (χ3n) is 3.62. The minimum Gasteiger partial charge on any atom is -0.309 e. The summed E-state index contributed by atoms with van der Waals surface area (Å²) in [7, 11) is 0. The number of aromatic nitrogens is 1. The first kappa shape index (κ1) is 12.6. The Morgan fingerprint density at radius 3 is 3.18 bits per heavy atom. The molecule has 2 nitrogen and oxygen atoms in total. The van der Waals surface area contributed by atoms with E-state index in [2.05, 4.69) is 29.4 Å². The second kappa shape index (κ2) is 6.75. The second-order valence-electron chi connectivity index (χ2n) is 5.01. The molecule has 1 aliphatic carbocycles. The van der Waals surface area contributed by atoms with Gasteiger partial charge in [-0.15, -0.1) is 0 Å². The summed E-state index contributed by atoms with van der Waals surface area (Å²) in [5.41, 5.74) is 2.75. The van der Waals surface area contributed by atoms with Crippen molar-refractivity contribution in [3.05, 3.63) is 29.6 Å². The van der Waals surface area contributed by atoms with Crippen LogP contribution in [0.2, 0.25) is 0 Å². The maximum atomic E-state index is 4.55. The molecule has 1 atom stereocenters. The van der Waals surface area contributed by atoms with Crippen LogP contribution in [0.1, 0.15) is 62.7 Å². The zero-order valence-corrected chi connectivity index (χ0v) is 10.9. The molecular formula is C15H24N2. The summed E-state index contributed by atoms with van der Waals surface area (Å²) >= 11 is 0. The first-order valence-electron chi connectivity index (χ1n) is 7.09. The minimum absolute atomic E-state index is 0.501. The molecule has 0 saturated carbocycles. The Bertz CT molecular complexity index is 335. The van der Waals surface area contributed by atoms with E-state index in [9.17, 15) is 0 Å². The average Bonchev–Trinajstić information content (AvgIpc) is 2.39. The first-order chi connectivity index (χ1) is 8.42. The van der Waals surface area contributed by atoms with Gasteiger partial charge in [0.25, 0.3) is 0 Å². The van der Waals surface area contributed by atoms with Crippen LogP contribution >= 0.6 is 0 Å². The Kier molecular flexibility index (Phi) is 4.99. The third-order valence-corrected chi connectivity index (χ3v) is 3.62. The molecule has 0 spiro atoms. The van der Waals surface area contributed by atoms with Gasteiger partial charge in [0.15, 0.2) is 0 Å². The largest absolute Gasteiger partial charge is 0.309 e. The molecule has 94 valence electrons. The third kappa shape index (κ3) is 3.53. The van der Waals surface area contributed by atoms with Gasteiger partial charge in [-0.25, -0.2) is 0 Å².